The van der Waals surface area contributed by atoms with Crippen molar-refractivity contribution in [3.8, 4) is 0 Å². The van der Waals surface area contributed by atoms with Crippen molar-refractivity contribution in [2.24, 2.45) is 0 Å². The van der Waals surface area contributed by atoms with Crippen molar-refractivity contribution in [2.45, 2.75) is 19.5 Å². The molecule has 0 aromatic heterocycles. The van der Waals surface area contributed by atoms with Crippen LogP contribution in [0, 0.1) is 6.92 Å². The van der Waals surface area contributed by atoms with Crippen molar-refractivity contribution in [1.82, 2.24) is 10.6 Å². The Balaban J connectivity index is 1.82. The Morgan fingerprint density at radius 2 is 2.25 bits per heavy atom. The van der Waals surface area contributed by atoms with Gasteiger partial charge in [-0.3, -0.25) is 10.1 Å². The lowest BCUT2D eigenvalue weighted by molar-refractivity contribution is -0.122. The first-order chi connectivity index (χ1) is 7.75. The topological polar surface area (TPSA) is 41.1 Å². The van der Waals surface area contributed by atoms with Crippen LogP contribution < -0.4 is 10.6 Å². The molecule has 0 spiro atoms. The average molecular weight is 236 g/mol. The van der Waals surface area contributed by atoms with Crippen LogP contribution in [0.15, 0.2) is 24.3 Å². The van der Waals surface area contributed by atoms with Crippen LogP contribution in [0.5, 0.6) is 0 Å². The number of rotatable bonds is 3. The molecular weight excluding hydrogens is 220 g/mol. The van der Waals surface area contributed by atoms with Gasteiger partial charge < -0.3 is 5.32 Å². The summed E-state index contributed by atoms with van der Waals surface area (Å²) in [7, 11) is 0. The average Bonchev–Trinajstić information content (AvgIpc) is 2.81. The Kier molecular flexibility index (Phi) is 3.85. The number of carbonyl (C=O) groups excluding carboxylic acids is 1. The van der Waals surface area contributed by atoms with Crippen molar-refractivity contribution in [1.29, 1.82) is 0 Å². The maximum Gasteiger partial charge on any atom is 0.238 e. The molecule has 1 atom stereocenters. The number of thioether (sulfide) groups is 1. The van der Waals surface area contributed by atoms with Crippen LogP contribution in [0.4, 0.5) is 0 Å². The van der Waals surface area contributed by atoms with Gasteiger partial charge in [-0.1, -0.05) is 29.8 Å². The van der Waals surface area contributed by atoms with E-state index in [2.05, 4.69) is 29.7 Å². The van der Waals surface area contributed by atoms with Gasteiger partial charge in [0.15, 0.2) is 0 Å². The zero-order chi connectivity index (χ0) is 11.4. The van der Waals surface area contributed by atoms with E-state index in [1.165, 1.54) is 5.56 Å². The fourth-order valence-corrected chi connectivity index (χ4v) is 2.52. The SMILES string of the molecule is Cc1ccc(CNC(=O)C2CSCN2)cc1. The third-order valence-electron chi connectivity index (χ3n) is 2.62. The maximum absolute atomic E-state index is 11.7. The monoisotopic (exact) mass is 236 g/mol. The number of aryl methyl sites for hydroxylation is 1. The summed E-state index contributed by atoms with van der Waals surface area (Å²) in [4.78, 5) is 11.7. The highest BCUT2D eigenvalue weighted by molar-refractivity contribution is 7.99. The number of hydrogen-bond acceptors (Lipinski definition) is 3. The minimum atomic E-state index is -0.0181. The summed E-state index contributed by atoms with van der Waals surface area (Å²) in [6.07, 6.45) is 0. The normalized spacial score (nSPS) is 19.7. The second-order valence-corrected chi connectivity index (χ2v) is 5.01. The molecule has 1 heterocycles. The molecule has 1 saturated heterocycles. The lowest BCUT2D eigenvalue weighted by atomic mass is 10.1. The van der Waals surface area contributed by atoms with Gasteiger partial charge in [-0.2, -0.15) is 0 Å². The predicted molar refractivity (Wildman–Crippen MR) is 67.3 cm³/mol. The first-order valence-corrected chi connectivity index (χ1v) is 6.55. The maximum atomic E-state index is 11.7. The summed E-state index contributed by atoms with van der Waals surface area (Å²) < 4.78 is 0. The van der Waals surface area contributed by atoms with E-state index in [4.69, 9.17) is 0 Å². The molecule has 4 heteroatoms. The molecule has 1 aromatic rings. The Hall–Kier alpha value is -1.00. The Bertz CT molecular complexity index is 358. The molecule has 1 amide bonds. The minimum absolute atomic E-state index is 0.0181. The molecule has 3 nitrogen and oxygen atoms in total. The van der Waals surface area contributed by atoms with Crippen LogP contribution in [-0.4, -0.2) is 23.6 Å². The van der Waals surface area contributed by atoms with E-state index in [9.17, 15) is 4.79 Å². The molecule has 86 valence electrons. The van der Waals surface area contributed by atoms with Crippen LogP contribution >= 0.6 is 11.8 Å². The first-order valence-electron chi connectivity index (χ1n) is 5.40. The summed E-state index contributed by atoms with van der Waals surface area (Å²) in [5.74, 6) is 1.85. The van der Waals surface area contributed by atoms with Gasteiger partial charge in [0.2, 0.25) is 5.91 Å². The molecule has 1 fully saturated rings. The highest BCUT2D eigenvalue weighted by Crippen LogP contribution is 2.09. The number of amides is 1. The predicted octanol–water partition coefficient (Wildman–Crippen LogP) is 1.27. The van der Waals surface area contributed by atoms with Crippen molar-refractivity contribution in [3.05, 3.63) is 35.4 Å². The smallest absolute Gasteiger partial charge is 0.238 e. The third kappa shape index (κ3) is 3.00. The summed E-state index contributed by atoms with van der Waals surface area (Å²) in [6.45, 7) is 2.67. The molecular formula is C12H16N2OS. The molecule has 16 heavy (non-hydrogen) atoms. The van der Waals surface area contributed by atoms with Gasteiger partial charge in [-0.15, -0.1) is 11.8 Å². The molecule has 1 aliphatic heterocycles. The van der Waals surface area contributed by atoms with Crippen molar-refractivity contribution in [3.63, 3.8) is 0 Å². The van der Waals surface area contributed by atoms with Crippen molar-refractivity contribution >= 4 is 17.7 Å². The quantitative estimate of drug-likeness (QED) is 0.830. The van der Waals surface area contributed by atoms with Crippen LogP contribution in [-0.2, 0) is 11.3 Å². The zero-order valence-corrected chi connectivity index (χ0v) is 10.1. The molecule has 1 unspecified atom stereocenters. The minimum Gasteiger partial charge on any atom is -0.351 e. The number of nitrogens with one attached hydrogen (secondary N) is 2. The van der Waals surface area contributed by atoms with E-state index in [1.807, 2.05) is 12.1 Å². The van der Waals surface area contributed by atoms with Gasteiger partial charge in [0.25, 0.3) is 0 Å². The second-order valence-electron chi connectivity index (χ2n) is 3.98. The summed E-state index contributed by atoms with van der Waals surface area (Å²) in [6, 6.07) is 8.20. The van der Waals surface area contributed by atoms with Gasteiger partial charge in [-0.25, -0.2) is 0 Å². The Morgan fingerprint density at radius 3 is 2.88 bits per heavy atom. The molecule has 1 aliphatic rings. The summed E-state index contributed by atoms with van der Waals surface area (Å²) in [5, 5.41) is 6.10. The molecule has 1 aromatic carbocycles. The lowest BCUT2D eigenvalue weighted by Crippen LogP contribution is -2.41. The van der Waals surface area contributed by atoms with Gasteiger partial charge in [-0.05, 0) is 12.5 Å². The van der Waals surface area contributed by atoms with Crippen molar-refractivity contribution in [2.75, 3.05) is 11.6 Å². The lowest BCUT2D eigenvalue weighted by Gasteiger charge is -2.10. The van der Waals surface area contributed by atoms with Crippen LogP contribution in [0.25, 0.3) is 0 Å². The molecule has 0 radical (unpaired) electrons. The standard InChI is InChI=1S/C12H16N2OS/c1-9-2-4-10(5-3-9)6-13-12(15)11-7-16-8-14-11/h2-5,11,14H,6-8H2,1H3,(H,13,15). The summed E-state index contributed by atoms with van der Waals surface area (Å²) in [5.41, 5.74) is 2.38. The van der Waals surface area contributed by atoms with Gasteiger partial charge in [0.1, 0.15) is 0 Å². The first kappa shape index (κ1) is 11.5. The van der Waals surface area contributed by atoms with Crippen molar-refractivity contribution < 1.29 is 4.79 Å². The van der Waals surface area contributed by atoms with E-state index in [0.717, 1.165) is 17.2 Å². The number of benzene rings is 1. The summed E-state index contributed by atoms with van der Waals surface area (Å²) >= 11 is 1.76. The van der Waals surface area contributed by atoms with E-state index in [1.54, 1.807) is 11.8 Å². The van der Waals surface area contributed by atoms with E-state index >= 15 is 0 Å². The Labute approximate surface area is 100.0 Å². The molecule has 0 bridgehead atoms. The fraction of sp³-hybridized carbons (Fsp3) is 0.417. The zero-order valence-electron chi connectivity index (χ0n) is 9.32. The third-order valence-corrected chi connectivity index (χ3v) is 3.56. The van der Waals surface area contributed by atoms with Crippen LogP contribution in [0.2, 0.25) is 0 Å². The van der Waals surface area contributed by atoms with Crippen LogP contribution in [0.1, 0.15) is 11.1 Å². The molecule has 0 saturated carbocycles. The Morgan fingerprint density at radius 1 is 1.50 bits per heavy atom. The van der Waals surface area contributed by atoms with E-state index in [0.29, 0.717) is 6.54 Å². The number of hydrogen-bond donors (Lipinski definition) is 2. The van der Waals surface area contributed by atoms with Gasteiger partial charge in [0.05, 0.1) is 6.04 Å². The molecule has 0 aliphatic carbocycles. The van der Waals surface area contributed by atoms with Gasteiger partial charge in [0, 0.05) is 18.2 Å². The molecule has 2 N–H and O–H groups in total. The second kappa shape index (κ2) is 5.37. The van der Waals surface area contributed by atoms with E-state index in [-0.39, 0.29) is 11.9 Å². The highest BCUT2D eigenvalue weighted by Gasteiger charge is 2.21. The molecule has 2 rings (SSSR count). The van der Waals surface area contributed by atoms with E-state index < -0.39 is 0 Å². The van der Waals surface area contributed by atoms with Gasteiger partial charge >= 0.3 is 0 Å². The largest absolute Gasteiger partial charge is 0.351 e. The highest BCUT2D eigenvalue weighted by atomic mass is 32.2. The fourth-order valence-electron chi connectivity index (χ4n) is 1.58. The number of carbonyl (C=O) groups is 1. The van der Waals surface area contributed by atoms with Crippen LogP contribution in [0.3, 0.4) is 0 Å².